The van der Waals surface area contributed by atoms with Crippen molar-refractivity contribution in [1.82, 2.24) is 5.32 Å². The molecule has 0 aliphatic rings. The van der Waals surface area contributed by atoms with E-state index in [4.69, 9.17) is 4.74 Å². The normalized spacial score (nSPS) is 12.1. The van der Waals surface area contributed by atoms with Crippen LogP contribution in [0.15, 0.2) is 48.5 Å². The van der Waals surface area contributed by atoms with Crippen LogP contribution in [0.4, 0.5) is 0 Å². The van der Waals surface area contributed by atoms with E-state index >= 15 is 0 Å². The summed E-state index contributed by atoms with van der Waals surface area (Å²) in [5, 5.41) is 13.3. The van der Waals surface area contributed by atoms with Crippen LogP contribution in [0.3, 0.4) is 0 Å². The highest BCUT2D eigenvalue weighted by atomic mass is 16.5. The van der Waals surface area contributed by atoms with E-state index in [2.05, 4.69) is 25.2 Å². The molecule has 2 N–H and O–H groups in total. The van der Waals surface area contributed by atoms with Crippen LogP contribution in [-0.4, -0.2) is 18.3 Å². The number of phenols is 1. The maximum atomic E-state index is 9.91. The Morgan fingerprint density at radius 3 is 2.67 bits per heavy atom. The number of para-hydroxylation sites is 1. The smallest absolute Gasteiger partial charge is 0.120 e. The highest BCUT2D eigenvalue weighted by molar-refractivity contribution is 5.34. The molecule has 1 unspecified atom stereocenters. The number of aromatic hydroxyl groups is 1. The van der Waals surface area contributed by atoms with Crippen LogP contribution in [0.2, 0.25) is 0 Å². The van der Waals surface area contributed by atoms with E-state index in [-0.39, 0.29) is 6.04 Å². The van der Waals surface area contributed by atoms with Crippen LogP contribution in [0.1, 0.15) is 30.5 Å². The number of nitrogens with one attached hydrogen (secondary N) is 1. The number of ether oxygens (including phenoxy) is 1. The summed E-state index contributed by atoms with van der Waals surface area (Å²) in [5.41, 5.74) is 2.14. The van der Waals surface area contributed by atoms with Gasteiger partial charge in [-0.25, -0.2) is 0 Å². The summed E-state index contributed by atoms with van der Waals surface area (Å²) in [6.45, 7) is 5.50. The third-order valence-electron chi connectivity index (χ3n) is 3.47. The maximum absolute atomic E-state index is 9.91. The van der Waals surface area contributed by atoms with E-state index in [1.54, 1.807) is 6.07 Å². The Bertz CT molecular complexity index is 569. The number of rotatable bonds is 7. The molecule has 0 saturated carbocycles. The van der Waals surface area contributed by atoms with E-state index in [9.17, 15) is 5.11 Å². The molecule has 3 heteroatoms. The van der Waals surface area contributed by atoms with Gasteiger partial charge in [-0.1, -0.05) is 37.3 Å². The molecule has 2 rings (SSSR count). The molecule has 0 aliphatic heterocycles. The molecular formula is C18H23NO2. The predicted molar refractivity (Wildman–Crippen MR) is 85.8 cm³/mol. The zero-order valence-corrected chi connectivity index (χ0v) is 12.7. The van der Waals surface area contributed by atoms with Crippen LogP contribution in [0, 0.1) is 6.92 Å². The number of benzene rings is 2. The van der Waals surface area contributed by atoms with Gasteiger partial charge in [0.1, 0.15) is 18.1 Å². The van der Waals surface area contributed by atoms with E-state index < -0.39 is 0 Å². The molecule has 0 saturated heterocycles. The minimum atomic E-state index is 0.146. The quantitative estimate of drug-likeness (QED) is 0.760. The van der Waals surface area contributed by atoms with Crippen molar-refractivity contribution in [3.63, 3.8) is 0 Å². The zero-order chi connectivity index (χ0) is 15.1. The molecule has 0 bridgehead atoms. The fourth-order valence-electron chi connectivity index (χ4n) is 2.36. The first-order valence-electron chi connectivity index (χ1n) is 7.41. The Morgan fingerprint density at radius 1 is 1.14 bits per heavy atom. The SMILES string of the molecule is CCC(NCCOc1cccc(C)c1)c1ccccc1O. The summed E-state index contributed by atoms with van der Waals surface area (Å²) in [6, 6.07) is 15.7. The van der Waals surface area contributed by atoms with Crippen molar-refractivity contribution in [2.24, 2.45) is 0 Å². The van der Waals surface area contributed by atoms with Crippen molar-refractivity contribution in [3.8, 4) is 11.5 Å². The van der Waals surface area contributed by atoms with Crippen LogP contribution >= 0.6 is 0 Å². The molecule has 0 amide bonds. The molecular weight excluding hydrogens is 262 g/mol. The summed E-state index contributed by atoms with van der Waals surface area (Å²) < 4.78 is 5.72. The highest BCUT2D eigenvalue weighted by Crippen LogP contribution is 2.25. The maximum Gasteiger partial charge on any atom is 0.120 e. The second-order valence-corrected chi connectivity index (χ2v) is 5.14. The number of phenolic OH excluding ortho intramolecular Hbond substituents is 1. The summed E-state index contributed by atoms with van der Waals surface area (Å²) in [4.78, 5) is 0. The molecule has 3 nitrogen and oxygen atoms in total. The summed E-state index contributed by atoms with van der Waals surface area (Å²) >= 11 is 0. The number of hydrogen-bond donors (Lipinski definition) is 2. The van der Waals surface area contributed by atoms with Crippen molar-refractivity contribution in [2.75, 3.05) is 13.2 Å². The summed E-state index contributed by atoms with van der Waals surface area (Å²) in [7, 11) is 0. The van der Waals surface area contributed by atoms with Gasteiger partial charge >= 0.3 is 0 Å². The third kappa shape index (κ3) is 4.50. The molecule has 0 radical (unpaired) electrons. The molecule has 1 atom stereocenters. The molecule has 21 heavy (non-hydrogen) atoms. The molecule has 2 aromatic rings. The predicted octanol–water partition coefficient (Wildman–Crippen LogP) is 3.82. The van der Waals surface area contributed by atoms with Gasteiger partial charge in [0.05, 0.1) is 0 Å². The largest absolute Gasteiger partial charge is 0.508 e. The zero-order valence-electron chi connectivity index (χ0n) is 12.7. The lowest BCUT2D eigenvalue weighted by atomic mass is 10.0. The lowest BCUT2D eigenvalue weighted by molar-refractivity contribution is 0.303. The Morgan fingerprint density at radius 2 is 1.95 bits per heavy atom. The van der Waals surface area contributed by atoms with Gasteiger partial charge in [-0.3, -0.25) is 0 Å². The molecule has 0 fully saturated rings. The second-order valence-electron chi connectivity index (χ2n) is 5.14. The van der Waals surface area contributed by atoms with Gasteiger partial charge in [-0.2, -0.15) is 0 Å². The van der Waals surface area contributed by atoms with Crippen molar-refractivity contribution >= 4 is 0 Å². The van der Waals surface area contributed by atoms with Crippen LogP contribution in [-0.2, 0) is 0 Å². The van der Waals surface area contributed by atoms with Crippen molar-refractivity contribution in [3.05, 3.63) is 59.7 Å². The average Bonchev–Trinajstić information content (AvgIpc) is 2.49. The van der Waals surface area contributed by atoms with Crippen LogP contribution < -0.4 is 10.1 Å². The average molecular weight is 285 g/mol. The Kier molecular flexibility index (Phi) is 5.64. The van der Waals surface area contributed by atoms with Crippen molar-refractivity contribution in [1.29, 1.82) is 0 Å². The van der Waals surface area contributed by atoms with Gasteiger partial charge in [-0.15, -0.1) is 0 Å². The van der Waals surface area contributed by atoms with Crippen molar-refractivity contribution in [2.45, 2.75) is 26.3 Å². The summed E-state index contributed by atoms with van der Waals surface area (Å²) in [5.74, 6) is 1.24. The van der Waals surface area contributed by atoms with E-state index in [0.29, 0.717) is 12.4 Å². The minimum absolute atomic E-state index is 0.146. The fourth-order valence-corrected chi connectivity index (χ4v) is 2.36. The van der Waals surface area contributed by atoms with E-state index in [1.165, 1.54) is 5.56 Å². The Balaban J connectivity index is 1.83. The van der Waals surface area contributed by atoms with Crippen LogP contribution in [0.25, 0.3) is 0 Å². The highest BCUT2D eigenvalue weighted by Gasteiger charge is 2.11. The van der Waals surface area contributed by atoms with Gasteiger partial charge in [0.25, 0.3) is 0 Å². The molecule has 112 valence electrons. The lowest BCUT2D eigenvalue weighted by Crippen LogP contribution is -2.25. The number of hydrogen-bond acceptors (Lipinski definition) is 3. The third-order valence-corrected chi connectivity index (χ3v) is 3.47. The first kappa shape index (κ1) is 15.4. The Hall–Kier alpha value is -2.00. The van der Waals surface area contributed by atoms with Gasteiger partial charge < -0.3 is 15.2 Å². The summed E-state index contributed by atoms with van der Waals surface area (Å²) in [6.07, 6.45) is 0.919. The number of aryl methyl sites for hydroxylation is 1. The first-order chi connectivity index (χ1) is 10.2. The molecule has 2 aromatic carbocycles. The van der Waals surface area contributed by atoms with E-state index in [1.807, 2.05) is 36.4 Å². The Labute approximate surface area is 126 Å². The fraction of sp³-hybridized carbons (Fsp3) is 0.333. The molecule has 0 aliphatic carbocycles. The van der Waals surface area contributed by atoms with Crippen molar-refractivity contribution < 1.29 is 9.84 Å². The van der Waals surface area contributed by atoms with Crippen LogP contribution in [0.5, 0.6) is 11.5 Å². The van der Waals surface area contributed by atoms with E-state index in [0.717, 1.165) is 24.3 Å². The van der Waals surface area contributed by atoms with Gasteiger partial charge in [0.2, 0.25) is 0 Å². The monoisotopic (exact) mass is 285 g/mol. The van der Waals surface area contributed by atoms with Gasteiger partial charge in [0.15, 0.2) is 0 Å². The molecule has 0 heterocycles. The van der Waals surface area contributed by atoms with Gasteiger partial charge in [0, 0.05) is 18.2 Å². The lowest BCUT2D eigenvalue weighted by Gasteiger charge is -2.18. The molecule has 0 spiro atoms. The van der Waals surface area contributed by atoms with Gasteiger partial charge in [-0.05, 0) is 37.1 Å². The minimum Gasteiger partial charge on any atom is -0.508 e. The first-order valence-corrected chi connectivity index (χ1v) is 7.41. The standard InChI is InChI=1S/C18H23NO2/c1-3-17(16-9-4-5-10-18(16)20)19-11-12-21-15-8-6-7-14(2)13-15/h4-10,13,17,19-20H,3,11-12H2,1-2H3. The topological polar surface area (TPSA) is 41.5 Å². The second kappa shape index (κ2) is 7.70. The molecule has 0 aromatic heterocycles.